The van der Waals surface area contributed by atoms with Crippen molar-refractivity contribution in [2.45, 2.75) is 25.2 Å². The Balaban J connectivity index is 1.88. The van der Waals surface area contributed by atoms with Crippen molar-refractivity contribution in [2.24, 2.45) is 0 Å². The molecule has 0 N–H and O–H groups in total. The smallest absolute Gasteiger partial charge is 0.133 e. The van der Waals surface area contributed by atoms with Gasteiger partial charge in [-0.15, -0.1) is 11.3 Å². The van der Waals surface area contributed by atoms with E-state index < -0.39 is 0 Å². The number of thiazole rings is 1. The Morgan fingerprint density at radius 1 is 1.38 bits per heavy atom. The first kappa shape index (κ1) is 10.2. The maximum Gasteiger partial charge on any atom is 0.133 e. The number of nitrogens with zero attached hydrogens (tertiary/aromatic N) is 3. The molecule has 3 rings (SSSR count). The summed E-state index contributed by atoms with van der Waals surface area (Å²) in [6.45, 7) is 0. The molecule has 5 heteroatoms. The van der Waals surface area contributed by atoms with Gasteiger partial charge in [0.25, 0.3) is 0 Å². The van der Waals surface area contributed by atoms with Crippen molar-refractivity contribution in [3.8, 4) is 0 Å². The van der Waals surface area contributed by atoms with Crippen LogP contribution in [0.15, 0.2) is 17.6 Å². The monoisotopic (exact) mass is 251 g/mol. The molecule has 0 aliphatic heterocycles. The lowest BCUT2D eigenvalue weighted by Crippen LogP contribution is -1.99. The summed E-state index contributed by atoms with van der Waals surface area (Å²) in [6.07, 6.45) is 4.94. The second-order valence-electron chi connectivity index (χ2n) is 3.92. The topological polar surface area (TPSA) is 38.7 Å². The van der Waals surface area contributed by atoms with Crippen LogP contribution in [0.25, 0.3) is 0 Å². The Hall–Kier alpha value is -1.00. The molecular formula is C11H10ClN3S. The minimum Gasteiger partial charge on any atom is -0.249 e. The summed E-state index contributed by atoms with van der Waals surface area (Å²) in [5.74, 6) is 1.44. The average Bonchev–Trinajstić information content (AvgIpc) is 2.98. The molecule has 1 saturated carbocycles. The third-order valence-electron chi connectivity index (χ3n) is 2.52. The summed E-state index contributed by atoms with van der Waals surface area (Å²) in [5.41, 5.74) is 0.969. The van der Waals surface area contributed by atoms with E-state index in [1.165, 1.54) is 12.8 Å². The van der Waals surface area contributed by atoms with Crippen molar-refractivity contribution in [3.05, 3.63) is 39.3 Å². The summed E-state index contributed by atoms with van der Waals surface area (Å²) < 4.78 is 0. The minimum atomic E-state index is 0.536. The van der Waals surface area contributed by atoms with Gasteiger partial charge in [0.15, 0.2) is 0 Å². The van der Waals surface area contributed by atoms with Gasteiger partial charge in [-0.05, 0) is 18.9 Å². The fourth-order valence-corrected chi connectivity index (χ4v) is 2.44. The summed E-state index contributed by atoms with van der Waals surface area (Å²) >= 11 is 7.63. The molecule has 1 aliphatic carbocycles. The summed E-state index contributed by atoms with van der Waals surface area (Å²) in [4.78, 5) is 13.1. The van der Waals surface area contributed by atoms with Gasteiger partial charge in [0.2, 0.25) is 0 Å². The van der Waals surface area contributed by atoms with Crippen LogP contribution in [0.4, 0.5) is 0 Å². The third-order valence-corrected chi connectivity index (χ3v) is 3.50. The Morgan fingerprint density at radius 3 is 2.94 bits per heavy atom. The van der Waals surface area contributed by atoms with E-state index in [0.717, 1.165) is 22.9 Å². The minimum absolute atomic E-state index is 0.536. The Bertz CT molecular complexity index is 494. The second kappa shape index (κ2) is 4.11. The fraction of sp³-hybridized carbons (Fsp3) is 0.364. The molecule has 2 heterocycles. The summed E-state index contributed by atoms with van der Waals surface area (Å²) in [5, 5.41) is 3.58. The van der Waals surface area contributed by atoms with Gasteiger partial charge in [-0.3, -0.25) is 0 Å². The molecule has 2 aromatic rings. The lowest BCUT2D eigenvalue weighted by molar-refractivity contribution is 0.885. The van der Waals surface area contributed by atoms with E-state index in [4.69, 9.17) is 11.6 Å². The zero-order valence-electron chi connectivity index (χ0n) is 8.56. The third kappa shape index (κ3) is 2.23. The van der Waals surface area contributed by atoms with Gasteiger partial charge in [-0.1, -0.05) is 11.6 Å². The van der Waals surface area contributed by atoms with Crippen LogP contribution in [0.3, 0.4) is 0 Å². The van der Waals surface area contributed by atoms with Gasteiger partial charge < -0.3 is 0 Å². The molecule has 1 fully saturated rings. The quantitative estimate of drug-likeness (QED) is 0.787. The van der Waals surface area contributed by atoms with Crippen LogP contribution in [0.5, 0.6) is 0 Å². The van der Waals surface area contributed by atoms with E-state index in [0.29, 0.717) is 11.1 Å². The normalized spacial score (nSPS) is 15.3. The van der Waals surface area contributed by atoms with E-state index in [9.17, 15) is 0 Å². The molecule has 2 aromatic heterocycles. The van der Waals surface area contributed by atoms with Gasteiger partial charge >= 0.3 is 0 Å². The van der Waals surface area contributed by atoms with Crippen molar-refractivity contribution in [3.63, 3.8) is 0 Å². The first-order valence-electron chi connectivity index (χ1n) is 5.23. The molecule has 16 heavy (non-hydrogen) atoms. The average molecular weight is 252 g/mol. The van der Waals surface area contributed by atoms with Crippen LogP contribution < -0.4 is 0 Å². The molecular weight excluding hydrogens is 242 g/mol. The van der Waals surface area contributed by atoms with E-state index in [2.05, 4.69) is 15.0 Å². The van der Waals surface area contributed by atoms with Gasteiger partial charge in [-0.25, -0.2) is 15.0 Å². The number of hydrogen-bond donors (Lipinski definition) is 0. The van der Waals surface area contributed by atoms with Gasteiger partial charge in [0.1, 0.15) is 11.0 Å². The number of halogens is 1. The molecule has 0 saturated heterocycles. The van der Waals surface area contributed by atoms with E-state index in [1.54, 1.807) is 11.3 Å². The maximum atomic E-state index is 5.99. The van der Waals surface area contributed by atoms with Crippen molar-refractivity contribution >= 4 is 22.9 Å². The maximum absolute atomic E-state index is 5.99. The standard InChI is InChI=1S/C11H10ClN3S/c12-9-5-8(6-10-13-3-4-16-10)14-11(15-9)7-1-2-7/h3-5,7H,1-2,6H2. The van der Waals surface area contributed by atoms with Gasteiger partial charge in [-0.2, -0.15) is 0 Å². The van der Waals surface area contributed by atoms with Gasteiger partial charge in [0.05, 0.1) is 10.7 Å². The van der Waals surface area contributed by atoms with Crippen LogP contribution in [0.1, 0.15) is 35.3 Å². The molecule has 0 spiro atoms. The molecule has 0 amide bonds. The highest BCUT2D eigenvalue weighted by Gasteiger charge is 2.27. The van der Waals surface area contributed by atoms with Crippen LogP contribution >= 0.6 is 22.9 Å². The molecule has 0 bridgehead atoms. The predicted molar refractivity (Wildman–Crippen MR) is 63.9 cm³/mol. The second-order valence-corrected chi connectivity index (χ2v) is 5.28. The Morgan fingerprint density at radius 2 is 2.25 bits per heavy atom. The molecule has 0 unspecified atom stereocenters. The zero-order chi connectivity index (χ0) is 11.0. The zero-order valence-corrected chi connectivity index (χ0v) is 10.1. The highest BCUT2D eigenvalue weighted by atomic mass is 35.5. The molecule has 0 radical (unpaired) electrons. The summed E-state index contributed by atoms with van der Waals surface area (Å²) in [7, 11) is 0. The SMILES string of the molecule is Clc1cc(Cc2nccs2)nc(C2CC2)n1. The van der Waals surface area contributed by atoms with Crippen LogP contribution in [0.2, 0.25) is 5.15 Å². The molecule has 82 valence electrons. The van der Waals surface area contributed by atoms with E-state index >= 15 is 0 Å². The first-order valence-corrected chi connectivity index (χ1v) is 6.49. The largest absolute Gasteiger partial charge is 0.249 e. The van der Waals surface area contributed by atoms with Crippen LogP contribution in [-0.2, 0) is 6.42 Å². The van der Waals surface area contributed by atoms with Crippen molar-refractivity contribution in [1.82, 2.24) is 15.0 Å². The van der Waals surface area contributed by atoms with Crippen molar-refractivity contribution in [2.75, 3.05) is 0 Å². The molecule has 0 aromatic carbocycles. The van der Waals surface area contributed by atoms with Crippen molar-refractivity contribution < 1.29 is 0 Å². The Labute approximate surface area is 103 Å². The van der Waals surface area contributed by atoms with Crippen molar-refractivity contribution in [1.29, 1.82) is 0 Å². The number of rotatable bonds is 3. The highest BCUT2D eigenvalue weighted by Crippen LogP contribution is 2.38. The van der Waals surface area contributed by atoms with E-state index in [1.807, 2.05) is 17.6 Å². The number of aromatic nitrogens is 3. The predicted octanol–water partition coefficient (Wildman–Crippen LogP) is 3.05. The van der Waals surface area contributed by atoms with Crippen LogP contribution in [0, 0.1) is 0 Å². The summed E-state index contributed by atoms with van der Waals surface area (Å²) in [6, 6.07) is 1.83. The first-order chi connectivity index (χ1) is 7.81. The molecule has 0 atom stereocenters. The Kier molecular flexibility index (Phi) is 2.61. The number of hydrogen-bond acceptors (Lipinski definition) is 4. The lowest BCUT2D eigenvalue weighted by Gasteiger charge is -2.02. The fourth-order valence-electron chi connectivity index (χ4n) is 1.59. The molecule has 1 aliphatic rings. The molecule has 3 nitrogen and oxygen atoms in total. The van der Waals surface area contributed by atoms with Gasteiger partial charge in [0, 0.05) is 23.9 Å². The lowest BCUT2D eigenvalue weighted by atomic mass is 10.3. The van der Waals surface area contributed by atoms with E-state index in [-0.39, 0.29) is 0 Å². The highest BCUT2D eigenvalue weighted by molar-refractivity contribution is 7.09. The van der Waals surface area contributed by atoms with Crippen LogP contribution in [-0.4, -0.2) is 15.0 Å².